The Morgan fingerprint density at radius 2 is 2.10 bits per heavy atom. The monoisotopic (exact) mass is 309 g/mol. The lowest BCUT2D eigenvalue weighted by molar-refractivity contribution is 0.0717. The van der Waals surface area contributed by atoms with Gasteiger partial charge in [0.15, 0.2) is 0 Å². The van der Waals surface area contributed by atoms with Crippen LogP contribution in [0.5, 0.6) is 0 Å². The molecule has 1 N–H and O–H groups in total. The first-order chi connectivity index (χ1) is 9.94. The van der Waals surface area contributed by atoms with E-state index in [0.29, 0.717) is 10.7 Å². The second kappa shape index (κ2) is 6.37. The highest BCUT2D eigenvalue weighted by atomic mass is 35.5. The molecule has 4 nitrogen and oxygen atoms in total. The Balaban J connectivity index is 2.44. The SMILES string of the molecule is CC(C)(CF)C(O)/C(=C/c1ccc(Cl)cc1)n1cncn1. The van der Waals surface area contributed by atoms with E-state index in [1.54, 1.807) is 32.1 Å². The second-order valence-corrected chi connectivity index (χ2v) is 5.92. The molecule has 21 heavy (non-hydrogen) atoms. The van der Waals surface area contributed by atoms with Crippen LogP contribution in [-0.2, 0) is 0 Å². The predicted molar refractivity (Wildman–Crippen MR) is 81.4 cm³/mol. The van der Waals surface area contributed by atoms with Crippen LogP contribution in [0.2, 0.25) is 5.02 Å². The fraction of sp³-hybridized carbons (Fsp3) is 0.333. The molecule has 1 aromatic carbocycles. The third-order valence-corrected chi connectivity index (χ3v) is 3.48. The third kappa shape index (κ3) is 3.68. The van der Waals surface area contributed by atoms with Crippen molar-refractivity contribution in [1.29, 1.82) is 0 Å². The summed E-state index contributed by atoms with van der Waals surface area (Å²) in [6.07, 6.45) is 3.55. The van der Waals surface area contributed by atoms with Gasteiger partial charge in [0.2, 0.25) is 0 Å². The molecule has 0 fully saturated rings. The molecule has 0 aliphatic rings. The molecule has 1 atom stereocenters. The number of benzene rings is 1. The average molecular weight is 310 g/mol. The van der Waals surface area contributed by atoms with Gasteiger partial charge in [-0.15, -0.1) is 0 Å². The van der Waals surface area contributed by atoms with Crippen LogP contribution < -0.4 is 0 Å². The van der Waals surface area contributed by atoms with Crippen molar-refractivity contribution in [3.63, 3.8) is 0 Å². The Labute approximate surface area is 127 Å². The molecule has 1 aromatic heterocycles. The summed E-state index contributed by atoms with van der Waals surface area (Å²) in [5, 5.41) is 15.2. The molecule has 0 saturated heterocycles. The Morgan fingerprint density at radius 1 is 1.43 bits per heavy atom. The lowest BCUT2D eigenvalue weighted by Gasteiger charge is -2.29. The lowest BCUT2D eigenvalue weighted by Crippen LogP contribution is -2.34. The van der Waals surface area contributed by atoms with E-state index < -0.39 is 18.2 Å². The van der Waals surface area contributed by atoms with E-state index in [2.05, 4.69) is 10.1 Å². The fourth-order valence-electron chi connectivity index (χ4n) is 1.82. The van der Waals surface area contributed by atoms with Crippen molar-refractivity contribution in [2.45, 2.75) is 20.0 Å². The zero-order chi connectivity index (χ0) is 15.5. The zero-order valence-electron chi connectivity index (χ0n) is 11.9. The summed E-state index contributed by atoms with van der Waals surface area (Å²) in [5.41, 5.74) is 0.362. The topological polar surface area (TPSA) is 50.9 Å². The molecule has 0 saturated carbocycles. The first kappa shape index (κ1) is 15.7. The average Bonchev–Trinajstić information content (AvgIpc) is 3.00. The first-order valence-electron chi connectivity index (χ1n) is 6.50. The van der Waals surface area contributed by atoms with Gasteiger partial charge in [0, 0.05) is 10.4 Å². The minimum Gasteiger partial charge on any atom is -0.386 e. The van der Waals surface area contributed by atoms with Gasteiger partial charge in [-0.25, -0.2) is 9.67 Å². The number of rotatable bonds is 5. The highest BCUT2D eigenvalue weighted by Gasteiger charge is 2.32. The Morgan fingerprint density at radius 3 is 2.62 bits per heavy atom. The van der Waals surface area contributed by atoms with E-state index in [9.17, 15) is 9.50 Å². The molecule has 0 amide bonds. The summed E-state index contributed by atoms with van der Waals surface area (Å²) in [4.78, 5) is 3.87. The fourth-order valence-corrected chi connectivity index (χ4v) is 1.94. The minimum absolute atomic E-state index is 0.456. The van der Waals surface area contributed by atoms with E-state index in [1.807, 2.05) is 12.1 Å². The molecule has 0 radical (unpaired) electrons. The van der Waals surface area contributed by atoms with Gasteiger partial charge in [-0.3, -0.25) is 4.39 Å². The van der Waals surface area contributed by atoms with Gasteiger partial charge in [0.1, 0.15) is 18.8 Å². The molecule has 1 heterocycles. The van der Waals surface area contributed by atoms with Crippen LogP contribution in [0.15, 0.2) is 36.9 Å². The summed E-state index contributed by atoms with van der Waals surface area (Å²) >= 11 is 5.86. The normalized spacial score (nSPS) is 14.2. The standard InChI is InChI=1S/C15H17ClFN3O/c1-15(2,8-17)14(21)13(20-10-18-9-19-20)7-11-3-5-12(16)6-4-11/h3-7,9-10,14,21H,8H2,1-2H3/b13-7-. The van der Waals surface area contributed by atoms with Gasteiger partial charge >= 0.3 is 0 Å². The first-order valence-corrected chi connectivity index (χ1v) is 6.88. The molecule has 0 spiro atoms. The smallest absolute Gasteiger partial charge is 0.138 e. The Bertz CT molecular complexity index is 608. The summed E-state index contributed by atoms with van der Waals surface area (Å²) in [5.74, 6) is 0. The summed E-state index contributed by atoms with van der Waals surface area (Å²) in [7, 11) is 0. The van der Waals surface area contributed by atoms with Gasteiger partial charge < -0.3 is 5.11 Å². The van der Waals surface area contributed by atoms with Gasteiger partial charge in [-0.1, -0.05) is 37.6 Å². The third-order valence-electron chi connectivity index (χ3n) is 3.23. The van der Waals surface area contributed by atoms with Crippen LogP contribution in [0.1, 0.15) is 19.4 Å². The number of nitrogens with zero attached hydrogens (tertiary/aromatic N) is 3. The number of hydrogen-bond acceptors (Lipinski definition) is 3. The number of aliphatic hydroxyl groups is 1. The lowest BCUT2D eigenvalue weighted by atomic mass is 9.85. The molecular weight excluding hydrogens is 293 g/mol. The largest absolute Gasteiger partial charge is 0.386 e. The maximum absolute atomic E-state index is 13.2. The predicted octanol–water partition coefficient (Wildman–Crippen LogP) is 3.29. The van der Waals surface area contributed by atoms with Crippen molar-refractivity contribution in [2.24, 2.45) is 5.41 Å². The molecular formula is C15H17ClFN3O. The van der Waals surface area contributed by atoms with Crippen molar-refractivity contribution < 1.29 is 9.50 Å². The van der Waals surface area contributed by atoms with Crippen LogP contribution in [-0.4, -0.2) is 32.6 Å². The van der Waals surface area contributed by atoms with Crippen molar-refractivity contribution in [1.82, 2.24) is 14.8 Å². The van der Waals surface area contributed by atoms with Gasteiger partial charge in [-0.2, -0.15) is 5.10 Å². The number of halogens is 2. The zero-order valence-corrected chi connectivity index (χ0v) is 12.6. The molecule has 2 rings (SSSR count). The summed E-state index contributed by atoms with van der Waals surface area (Å²) in [6, 6.07) is 7.13. The number of aliphatic hydroxyl groups excluding tert-OH is 1. The van der Waals surface area contributed by atoms with E-state index in [-0.39, 0.29) is 0 Å². The highest BCUT2D eigenvalue weighted by molar-refractivity contribution is 6.30. The van der Waals surface area contributed by atoms with Crippen LogP contribution in [0.4, 0.5) is 4.39 Å². The molecule has 112 valence electrons. The highest BCUT2D eigenvalue weighted by Crippen LogP contribution is 2.30. The van der Waals surface area contributed by atoms with Crippen LogP contribution in [0.3, 0.4) is 0 Å². The Hall–Kier alpha value is -1.72. The van der Waals surface area contributed by atoms with Crippen LogP contribution in [0.25, 0.3) is 11.8 Å². The molecule has 2 aromatic rings. The number of alkyl halides is 1. The van der Waals surface area contributed by atoms with E-state index in [1.165, 1.54) is 17.3 Å². The van der Waals surface area contributed by atoms with Gasteiger partial charge in [-0.05, 0) is 23.8 Å². The second-order valence-electron chi connectivity index (χ2n) is 5.49. The van der Waals surface area contributed by atoms with E-state index in [0.717, 1.165) is 5.56 Å². The Kier molecular flexibility index (Phi) is 4.75. The quantitative estimate of drug-likeness (QED) is 0.922. The van der Waals surface area contributed by atoms with Crippen LogP contribution >= 0.6 is 11.6 Å². The van der Waals surface area contributed by atoms with Crippen molar-refractivity contribution >= 4 is 23.4 Å². The number of aromatic nitrogens is 3. The maximum Gasteiger partial charge on any atom is 0.138 e. The molecule has 0 aliphatic carbocycles. The maximum atomic E-state index is 13.2. The summed E-state index contributed by atoms with van der Waals surface area (Å²) in [6.45, 7) is 2.66. The number of hydrogen-bond donors (Lipinski definition) is 1. The van der Waals surface area contributed by atoms with Crippen LogP contribution in [0, 0.1) is 5.41 Å². The molecule has 1 unspecified atom stereocenters. The van der Waals surface area contributed by atoms with Gasteiger partial charge in [0.25, 0.3) is 0 Å². The summed E-state index contributed by atoms with van der Waals surface area (Å²) < 4.78 is 14.6. The molecule has 6 heteroatoms. The minimum atomic E-state index is -1.03. The van der Waals surface area contributed by atoms with Crippen molar-refractivity contribution in [3.8, 4) is 0 Å². The van der Waals surface area contributed by atoms with E-state index >= 15 is 0 Å². The molecule has 0 aliphatic heterocycles. The molecule has 0 bridgehead atoms. The van der Waals surface area contributed by atoms with Crippen molar-refractivity contribution in [3.05, 3.63) is 47.5 Å². The van der Waals surface area contributed by atoms with Crippen molar-refractivity contribution in [2.75, 3.05) is 6.67 Å². The van der Waals surface area contributed by atoms with Gasteiger partial charge in [0.05, 0.1) is 12.4 Å². The van der Waals surface area contributed by atoms with E-state index in [4.69, 9.17) is 11.6 Å².